The van der Waals surface area contributed by atoms with E-state index in [-0.39, 0.29) is 31.0 Å². The Morgan fingerprint density at radius 2 is 1.69 bits per heavy atom. The molecule has 2 aromatic heterocycles. The minimum Gasteiger partial charge on any atom is -0.481 e. The Bertz CT molecular complexity index is 2000. The lowest BCUT2D eigenvalue weighted by molar-refractivity contribution is -0.140. The predicted molar refractivity (Wildman–Crippen MR) is 198 cm³/mol. The highest BCUT2D eigenvalue weighted by Gasteiger charge is 2.39. The van der Waals surface area contributed by atoms with Gasteiger partial charge in [0.25, 0.3) is 0 Å². The van der Waals surface area contributed by atoms with Crippen LogP contribution >= 0.6 is 11.6 Å². The van der Waals surface area contributed by atoms with Gasteiger partial charge in [-0.05, 0) is 80.9 Å². The molecule has 1 fully saturated rings. The van der Waals surface area contributed by atoms with Crippen molar-refractivity contribution in [1.29, 1.82) is 0 Å². The maximum absolute atomic E-state index is 14.4. The number of carboxylic acids is 1. The summed E-state index contributed by atoms with van der Waals surface area (Å²) in [4.78, 5) is 21.6. The fourth-order valence-corrected chi connectivity index (χ4v) is 7.82. The number of rotatable bonds is 15. The molecule has 6 rings (SSSR count). The maximum Gasteiger partial charge on any atom is 0.421 e. The molecule has 2 aliphatic rings. The largest absolute Gasteiger partial charge is 0.481 e. The standard InChI is InChI=1S/C40H44ClF3N4O6/c1-39(51)18-23(19-39)20-45-21-24-11-13-32(46-36(24)52-3)30-10-6-9-29(35(30)41)26-7-5-8-28-27(26)12-14-33(28)54-38-31(40(42,43)44)17-25(37(47-38)53-4)22-48(2)16-15-34(49)50/h5-11,13,17,23,33,45,51H,12,14-16,18-22H2,1-4H3,(H,49,50)/t23-,33-,39-/m0/s1. The number of nitrogens with zero attached hydrogens (tertiary/aromatic N) is 3. The smallest absolute Gasteiger partial charge is 0.421 e. The van der Waals surface area contributed by atoms with E-state index in [1.165, 1.54) is 7.11 Å². The Hall–Kier alpha value is -4.43. The number of ether oxygens (including phenoxy) is 3. The molecular formula is C40H44ClF3N4O6. The molecular weight excluding hydrogens is 725 g/mol. The van der Waals surface area contributed by atoms with Crippen LogP contribution in [-0.2, 0) is 30.5 Å². The van der Waals surface area contributed by atoms with Gasteiger partial charge in [0.2, 0.25) is 17.6 Å². The van der Waals surface area contributed by atoms with Gasteiger partial charge >= 0.3 is 12.1 Å². The molecule has 1 saturated carbocycles. The Morgan fingerprint density at radius 3 is 2.37 bits per heavy atom. The van der Waals surface area contributed by atoms with Crippen molar-refractivity contribution in [3.63, 3.8) is 0 Å². The number of aromatic nitrogens is 2. The first-order valence-corrected chi connectivity index (χ1v) is 18.2. The van der Waals surface area contributed by atoms with Gasteiger partial charge in [0.15, 0.2) is 0 Å². The van der Waals surface area contributed by atoms with E-state index in [2.05, 4.69) is 10.3 Å². The van der Waals surface area contributed by atoms with Crippen molar-refractivity contribution in [3.05, 3.63) is 87.4 Å². The molecule has 288 valence electrons. The highest BCUT2D eigenvalue weighted by Crippen LogP contribution is 2.46. The summed E-state index contributed by atoms with van der Waals surface area (Å²) < 4.78 is 60.4. The van der Waals surface area contributed by atoms with Gasteiger partial charge < -0.3 is 34.6 Å². The van der Waals surface area contributed by atoms with E-state index in [1.807, 2.05) is 55.5 Å². The molecule has 1 atom stereocenters. The number of methoxy groups -OCH3 is 2. The highest BCUT2D eigenvalue weighted by atomic mass is 35.5. The van der Waals surface area contributed by atoms with Crippen LogP contribution in [-0.4, -0.2) is 71.0 Å². The van der Waals surface area contributed by atoms with Gasteiger partial charge in [0.05, 0.1) is 37.0 Å². The molecule has 0 radical (unpaired) electrons. The number of aliphatic carboxylic acids is 1. The normalized spacial score (nSPS) is 19.4. The van der Waals surface area contributed by atoms with Crippen LogP contribution in [0.3, 0.4) is 0 Å². The van der Waals surface area contributed by atoms with E-state index in [1.54, 1.807) is 19.1 Å². The average molecular weight is 769 g/mol. The van der Waals surface area contributed by atoms with Gasteiger partial charge in [-0.3, -0.25) is 4.79 Å². The van der Waals surface area contributed by atoms with Gasteiger partial charge in [-0.1, -0.05) is 54.1 Å². The summed E-state index contributed by atoms with van der Waals surface area (Å²) in [5.41, 5.74) is 4.02. The molecule has 0 saturated heterocycles. The highest BCUT2D eigenvalue weighted by molar-refractivity contribution is 6.36. The van der Waals surface area contributed by atoms with Crippen LogP contribution in [0.4, 0.5) is 13.2 Å². The second-order valence-electron chi connectivity index (χ2n) is 14.3. The van der Waals surface area contributed by atoms with Crippen molar-refractivity contribution in [2.24, 2.45) is 5.92 Å². The Balaban J connectivity index is 1.24. The molecule has 2 aliphatic carbocycles. The molecule has 3 N–H and O–H groups in total. The molecule has 14 heteroatoms. The summed E-state index contributed by atoms with van der Waals surface area (Å²) in [5, 5.41) is 22.9. The SMILES string of the molecule is COc1nc(-c2cccc(-c3cccc4c3CC[C@@H]4Oc3nc(OC)c(CN(C)CCC(=O)O)cc3C(F)(F)F)c2Cl)ccc1CNC[C@H]1C[C@](C)(O)C1. The zero-order valence-corrected chi connectivity index (χ0v) is 31.4. The van der Waals surface area contributed by atoms with E-state index in [9.17, 15) is 23.1 Å². The number of pyridine rings is 2. The van der Waals surface area contributed by atoms with Crippen molar-refractivity contribution in [2.75, 3.05) is 34.4 Å². The first-order valence-electron chi connectivity index (χ1n) is 17.8. The number of halogens is 4. The molecule has 54 heavy (non-hydrogen) atoms. The molecule has 2 heterocycles. The first-order chi connectivity index (χ1) is 25.7. The molecule has 10 nitrogen and oxygen atoms in total. The van der Waals surface area contributed by atoms with Crippen LogP contribution in [0.25, 0.3) is 22.4 Å². The average Bonchev–Trinajstić information content (AvgIpc) is 3.53. The molecule has 0 amide bonds. The van der Waals surface area contributed by atoms with Crippen molar-refractivity contribution in [3.8, 4) is 40.0 Å². The summed E-state index contributed by atoms with van der Waals surface area (Å²) in [5.74, 6) is -0.722. The van der Waals surface area contributed by atoms with Crippen LogP contribution in [0.1, 0.15) is 66.5 Å². The number of hydrogen-bond donors (Lipinski definition) is 3. The van der Waals surface area contributed by atoms with Gasteiger partial charge in [-0.15, -0.1) is 0 Å². The number of carbonyl (C=O) groups is 1. The summed E-state index contributed by atoms with van der Waals surface area (Å²) in [6.07, 6.45) is -3.15. The van der Waals surface area contributed by atoms with Crippen LogP contribution < -0.4 is 19.5 Å². The fourth-order valence-electron chi connectivity index (χ4n) is 7.49. The van der Waals surface area contributed by atoms with E-state index in [4.69, 9.17) is 35.9 Å². The second-order valence-corrected chi connectivity index (χ2v) is 14.7. The van der Waals surface area contributed by atoms with Crippen LogP contribution in [0.2, 0.25) is 5.02 Å². The molecule has 0 aliphatic heterocycles. The lowest BCUT2D eigenvalue weighted by Crippen LogP contribution is -2.44. The third-order valence-electron chi connectivity index (χ3n) is 10.0. The number of benzene rings is 2. The Kier molecular flexibility index (Phi) is 11.7. The molecule has 0 spiro atoms. The van der Waals surface area contributed by atoms with Gasteiger partial charge in [-0.25, -0.2) is 4.98 Å². The third-order valence-corrected chi connectivity index (χ3v) is 10.5. The third kappa shape index (κ3) is 8.75. The summed E-state index contributed by atoms with van der Waals surface area (Å²) >= 11 is 7.11. The topological polar surface area (TPSA) is 126 Å². The van der Waals surface area contributed by atoms with Crippen molar-refractivity contribution in [2.45, 2.75) is 70.0 Å². The summed E-state index contributed by atoms with van der Waals surface area (Å²) in [6, 6.07) is 16.1. The van der Waals surface area contributed by atoms with E-state index < -0.39 is 35.3 Å². The number of fused-ring (bicyclic) bond motifs is 1. The van der Waals surface area contributed by atoms with Crippen LogP contribution in [0, 0.1) is 5.92 Å². The first kappa shape index (κ1) is 39.3. The summed E-state index contributed by atoms with van der Waals surface area (Å²) in [6.45, 7) is 3.34. The van der Waals surface area contributed by atoms with Gasteiger partial charge in [0, 0.05) is 41.9 Å². The van der Waals surface area contributed by atoms with E-state index >= 15 is 0 Å². The molecule has 0 bridgehead atoms. The van der Waals surface area contributed by atoms with Crippen LogP contribution in [0.15, 0.2) is 54.6 Å². The van der Waals surface area contributed by atoms with Crippen LogP contribution in [0.5, 0.6) is 17.6 Å². The lowest BCUT2D eigenvalue weighted by Gasteiger charge is -2.41. The lowest BCUT2D eigenvalue weighted by atomic mass is 9.72. The number of nitrogens with one attached hydrogen (secondary N) is 1. The monoisotopic (exact) mass is 768 g/mol. The Labute approximate surface area is 317 Å². The minimum absolute atomic E-state index is 0.00197. The molecule has 0 unspecified atom stereocenters. The zero-order chi connectivity index (χ0) is 38.8. The second kappa shape index (κ2) is 16.1. The zero-order valence-electron chi connectivity index (χ0n) is 30.6. The van der Waals surface area contributed by atoms with Crippen molar-refractivity contribution in [1.82, 2.24) is 20.2 Å². The molecule has 4 aromatic rings. The minimum atomic E-state index is -4.77. The predicted octanol–water partition coefficient (Wildman–Crippen LogP) is 7.72. The van der Waals surface area contributed by atoms with Gasteiger partial charge in [-0.2, -0.15) is 18.2 Å². The maximum atomic E-state index is 14.4. The quantitative estimate of drug-likeness (QED) is 0.111. The van der Waals surface area contributed by atoms with E-state index in [0.29, 0.717) is 47.5 Å². The number of alkyl halides is 3. The van der Waals surface area contributed by atoms with Crippen molar-refractivity contribution < 1.29 is 42.4 Å². The summed E-state index contributed by atoms with van der Waals surface area (Å²) in [7, 11) is 4.50. The fraction of sp³-hybridized carbons (Fsp3) is 0.425. The van der Waals surface area contributed by atoms with E-state index in [0.717, 1.165) is 53.3 Å². The number of aliphatic hydroxyl groups is 1. The number of hydrogen-bond acceptors (Lipinski definition) is 9. The number of carboxylic acid groups (broad SMARTS) is 1. The Morgan fingerprint density at radius 1 is 1.00 bits per heavy atom. The van der Waals surface area contributed by atoms with Crippen molar-refractivity contribution >= 4 is 17.6 Å². The van der Waals surface area contributed by atoms with Gasteiger partial charge in [0.1, 0.15) is 11.7 Å². The molecule has 2 aromatic carbocycles.